The Kier molecular flexibility index (Phi) is 6.63. The van der Waals surface area contributed by atoms with E-state index in [1.54, 1.807) is 30.1 Å². The van der Waals surface area contributed by atoms with Crippen molar-refractivity contribution in [2.24, 2.45) is 5.73 Å². The maximum absolute atomic E-state index is 12.1. The number of unbranched alkanes of at least 4 members (excludes halogenated alkanes) is 1. The molecule has 0 spiro atoms. The third-order valence-electron chi connectivity index (χ3n) is 2.90. The van der Waals surface area contributed by atoms with Gasteiger partial charge < -0.3 is 10.6 Å². The number of rotatable bonds is 6. The van der Waals surface area contributed by atoms with Crippen molar-refractivity contribution in [2.75, 3.05) is 7.05 Å². The normalized spacial score (nSPS) is 12.3. The van der Waals surface area contributed by atoms with Gasteiger partial charge in [-0.05, 0) is 30.2 Å². The molecule has 0 unspecified atom stereocenters. The number of likely N-dealkylation sites (N-methyl/N-ethyl adjacent to an activating group) is 1. The number of hydrogen-bond donors (Lipinski definition) is 1. The number of nitrogens with zero attached hydrogens (tertiary/aromatic N) is 1. The fourth-order valence-electron chi connectivity index (χ4n) is 1.88. The van der Waals surface area contributed by atoms with Crippen LogP contribution in [-0.4, -0.2) is 23.9 Å². The highest BCUT2D eigenvalue weighted by molar-refractivity contribution is 6.34. The van der Waals surface area contributed by atoms with Crippen LogP contribution >= 0.6 is 23.2 Å². The molecule has 1 atom stereocenters. The molecule has 0 bridgehead atoms. The molecule has 1 rings (SSSR count). The van der Waals surface area contributed by atoms with E-state index in [0.29, 0.717) is 16.6 Å². The Hall–Kier alpha value is -0.770. The summed E-state index contributed by atoms with van der Waals surface area (Å²) in [5, 5.41) is 1.14. The molecule has 106 valence electrons. The lowest BCUT2D eigenvalue weighted by atomic mass is 10.1. The van der Waals surface area contributed by atoms with E-state index in [9.17, 15) is 4.79 Å². The predicted octanol–water partition coefficient (Wildman–Crippen LogP) is 3.47. The first-order valence-electron chi connectivity index (χ1n) is 6.39. The summed E-state index contributed by atoms with van der Waals surface area (Å²) in [4.78, 5) is 13.7. The minimum Gasteiger partial charge on any atom is -0.340 e. The number of hydrogen-bond acceptors (Lipinski definition) is 2. The molecule has 19 heavy (non-hydrogen) atoms. The van der Waals surface area contributed by atoms with Crippen molar-refractivity contribution in [2.45, 2.75) is 38.8 Å². The van der Waals surface area contributed by atoms with Gasteiger partial charge in [-0.3, -0.25) is 4.79 Å². The summed E-state index contributed by atoms with van der Waals surface area (Å²) in [6.45, 7) is 2.54. The van der Waals surface area contributed by atoms with E-state index < -0.39 is 6.04 Å². The van der Waals surface area contributed by atoms with E-state index in [0.717, 1.165) is 24.8 Å². The van der Waals surface area contributed by atoms with Gasteiger partial charge in [0.05, 0.1) is 6.04 Å². The summed E-state index contributed by atoms with van der Waals surface area (Å²) in [5.74, 6) is -0.0513. The van der Waals surface area contributed by atoms with E-state index in [1.807, 2.05) is 0 Å². The fraction of sp³-hybridized carbons (Fsp3) is 0.500. The predicted molar refractivity (Wildman–Crippen MR) is 80.4 cm³/mol. The molecule has 0 aliphatic rings. The van der Waals surface area contributed by atoms with Crippen molar-refractivity contribution in [3.8, 4) is 0 Å². The summed E-state index contributed by atoms with van der Waals surface area (Å²) in [6, 6.07) is 4.84. The molecule has 1 aromatic rings. The highest BCUT2D eigenvalue weighted by Crippen LogP contribution is 2.20. The third-order valence-corrected chi connectivity index (χ3v) is 3.34. The number of carbonyl (C=O) groups is 1. The van der Waals surface area contributed by atoms with Crippen LogP contribution in [0.5, 0.6) is 0 Å². The number of benzene rings is 1. The zero-order valence-corrected chi connectivity index (χ0v) is 12.8. The molecule has 5 heteroatoms. The molecule has 0 heterocycles. The van der Waals surface area contributed by atoms with Crippen LogP contribution in [0, 0.1) is 0 Å². The van der Waals surface area contributed by atoms with E-state index in [-0.39, 0.29) is 5.91 Å². The molecule has 0 fully saturated rings. The van der Waals surface area contributed by atoms with Gasteiger partial charge in [0.2, 0.25) is 5.91 Å². The molecule has 0 aliphatic heterocycles. The Morgan fingerprint density at radius 2 is 1.89 bits per heavy atom. The van der Waals surface area contributed by atoms with E-state index in [1.165, 1.54) is 0 Å². The summed E-state index contributed by atoms with van der Waals surface area (Å²) in [7, 11) is 1.74. The van der Waals surface area contributed by atoms with Gasteiger partial charge in [0.15, 0.2) is 0 Å². The zero-order valence-electron chi connectivity index (χ0n) is 11.3. The maximum Gasteiger partial charge on any atom is 0.239 e. The van der Waals surface area contributed by atoms with E-state index in [4.69, 9.17) is 28.9 Å². The molecule has 1 aromatic carbocycles. The summed E-state index contributed by atoms with van der Waals surface area (Å²) < 4.78 is 0. The maximum atomic E-state index is 12.1. The minimum absolute atomic E-state index is 0.0513. The molecule has 0 aromatic heterocycles. The lowest BCUT2D eigenvalue weighted by Gasteiger charge is -2.21. The Morgan fingerprint density at radius 1 is 1.32 bits per heavy atom. The average molecular weight is 303 g/mol. The van der Waals surface area contributed by atoms with Crippen LogP contribution in [0.2, 0.25) is 10.0 Å². The van der Waals surface area contributed by atoms with Gasteiger partial charge in [0.1, 0.15) is 0 Å². The van der Waals surface area contributed by atoms with Gasteiger partial charge in [0, 0.05) is 23.6 Å². The standard InChI is InChI=1S/C14H20Cl2N2O/c1-3-4-5-13(17)14(19)18(2)9-10-6-11(15)8-12(16)7-10/h6-8,13H,3-5,9,17H2,1-2H3/t13-/m0/s1. The Labute approximate surface area is 124 Å². The lowest BCUT2D eigenvalue weighted by molar-refractivity contribution is -0.132. The van der Waals surface area contributed by atoms with Crippen molar-refractivity contribution in [3.63, 3.8) is 0 Å². The second-order valence-electron chi connectivity index (χ2n) is 4.72. The van der Waals surface area contributed by atoms with Crippen molar-refractivity contribution in [1.82, 2.24) is 4.90 Å². The van der Waals surface area contributed by atoms with Crippen molar-refractivity contribution in [1.29, 1.82) is 0 Å². The monoisotopic (exact) mass is 302 g/mol. The van der Waals surface area contributed by atoms with E-state index >= 15 is 0 Å². The van der Waals surface area contributed by atoms with Crippen molar-refractivity contribution in [3.05, 3.63) is 33.8 Å². The molecule has 0 saturated carbocycles. The minimum atomic E-state index is -0.431. The molecule has 3 nitrogen and oxygen atoms in total. The first-order chi connectivity index (χ1) is 8.93. The van der Waals surface area contributed by atoms with Gasteiger partial charge in [-0.15, -0.1) is 0 Å². The molecule has 0 aliphatic carbocycles. The quantitative estimate of drug-likeness (QED) is 0.874. The summed E-state index contributed by atoms with van der Waals surface area (Å²) in [6.07, 6.45) is 2.72. The number of halogens is 2. The number of carbonyl (C=O) groups excluding carboxylic acids is 1. The average Bonchev–Trinajstić information content (AvgIpc) is 2.33. The van der Waals surface area contributed by atoms with Gasteiger partial charge in [-0.25, -0.2) is 0 Å². The first kappa shape index (κ1) is 16.3. The SMILES string of the molecule is CCCC[C@H](N)C(=O)N(C)Cc1cc(Cl)cc(Cl)c1. The van der Waals surface area contributed by atoms with Crippen LogP contribution < -0.4 is 5.73 Å². The Morgan fingerprint density at radius 3 is 2.42 bits per heavy atom. The fourth-order valence-corrected chi connectivity index (χ4v) is 2.46. The van der Waals surface area contributed by atoms with Crippen LogP contribution in [-0.2, 0) is 11.3 Å². The Bertz CT molecular complexity index is 417. The van der Waals surface area contributed by atoms with Crippen LogP contribution in [0.15, 0.2) is 18.2 Å². The second-order valence-corrected chi connectivity index (χ2v) is 5.59. The molecule has 2 N–H and O–H groups in total. The highest BCUT2D eigenvalue weighted by atomic mass is 35.5. The Balaban J connectivity index is 2.62. The van der Waals surface area contributed by atoms with Crippen molar-refractivity contribution < 1.29 is 4.79 Å². The van der Waals surface area contributed by atoms with Gasteiger partial charge in [0.25, 0.3) is 0 Å². The lowest BCUT2D eigenvalue weighted by Crippen LogP contribution is -2.41. The molecule has 1 amide bonds. The van der Waals surface area contributed by atoms with Crippen molar-refractivity contribution >= 4 is 29.1 Å². The molecule has 0 radical (unpaired) electrons. The third kappa shape index (κ3) is 5.39. The van der Waals surface area contributed by atoms with Crippen LogP contribution in [0.1, 0.15) is 31.7 Å². The number of nitrogens with two attached hydrogens (primary N) is 1. The smallest absolute Gasteiger partial charge is 0.239 e. The highest BCUT2D eigenvalue weighted by Gasteiger charge is 2.17. The number of amides is 1. The molecular formula is C14H20Cl2N2O. The van der Waals surface area contributed by atoms with Gasteiger partial charge in [-0.2, -0.15) is 0 Å². The van der Waals surface area contributed by atoms with Gasteiger partial charge >= 0.3 is 0 Å². The van der Waals surface area contributed by atoms with E-state index in [2.05, 4.69) is 6.92 Å². The zero-order chi connectivity index (χ0) is 14.4. The topological polar surface area (TPSA) is 46.3 Å². The second kappa shape index (κ2) is 7.73. The van der Waals surface area contributed by atoms with Crippen LogP contribution in [0.25, 0.3) is 0 Å². The molecule has 0 saturated heterocycles. The van der Waals surface area contributed by atoms with Crippen LogP contribution in [0.3, 0.4) is 0 Å². The summed E-state index contributed by atoms with van der Waals surface area (Å²) in [5.41, 5.74) is 6.77. The van der Waals surface area contributed by atoms with Crippen LogP contribution in [0.4, 0.5) is 0 Å². The summed E-state index contributed by atoms with van der Waals surface area (Å²) >= 11 is 11.9. The first-order valence-corrected chi connectivity index (χ1v) is 7.15. The van der Waals surface area contributed by atoms with Gasteiger partial charge in [-0.1, -0.05) is 43.0 Å². The molecular weight excluding hydrogens is 283 g/mol. The largest absolute Gasteiger partial charge is 0.340 e.